The van der Waals surface area contributed by atoms with Gasteiger partial charge < -0.3 is 18.6 Å². The normalized spacial score (nSPS) is 12.3. The summed E-state index contributed by atoms with van der Waals surface area (Å²) in [6, 6.07) is 94.7. The molecule has 0 unspecified atom stereocenters. The molecule has 12 aromatic carbocycles. The SMILES string of the molecule is C=Cc1sc2c(N(c3ccccc3)c3ccc4c(c3)c3cccc5c6c(-c7ccccc7)c7c(c(-c8ccccc8)c6n4c35)c3cccc4c5cc(N(c6ccccc6)c6cccc8c6sc6ccccc68)ccc5n7c43)cccc2c1/C=C\C. The Hall–Kier alpha value is -10.5. The monoisotopic (exact) mass is 1120 g/mol. The third-order valence-corrected chi connectivity index (χ3v) is 20.2. The van der Waals surface area contributed by atoms with E-state index in [1.807, 2.05) is 28.7 Å². The number of para-hydroxylation sites is 4. The number of aromatic nitrogens is 2. The van der Waals surface area contributed by atoms with Crippen LogP contribution in [0.15, 0.2) is 267 Å². The maximum absolute atomic E-state index is 4.25. The van der Waals surface area contributed by atoms with Gasteiger partial charge in [-0.15, -0.1) is 22.7 Å². The molecule has 0 amide bonds. The molecule has 18 aromatic rings. The summed E-state index contributed by atoms with van der Waals surface area (Å²) in [5.41, 5.74) is 20.1. The minimum Gasteiger partial charge on any atom is -0.309 e. The summed E-state index contributed by atoms with van der Waals surface area (Å²) in [5.74, 6) is 0. The number of fused-ring (bicyclic) bond motifs is 16. The van der Waals surface area contributed by atoms with E-state index in [1.54, 1.807) is 0 Å². The third kappa shape index (κ3) is 6.78. The van der Waals surface area contributed by atoms with Crippen LogP contribution < -0.4 is 9.80 Å². The van der Waals surface area contributed by atoms with Gasteiger partial charge >= 0.3 is 0 Å². The zero-order chi connectivity index (χ0) is 56.0. The molecule has 6 heteroatoms. The lowest BCUT2D eigenvalue weighted by molar-refractivity contribution is 1.30. The van der Waals surface area contributed by atoms with Crippen molar-refractivity contribution in [1.29, 1.82) is 0 Å². The zero-order valence-electron chi connectivity index (χ0n) is 46.3. The van der Waals surface area contributed by atoms with E-state index in [-0.39, 0.29) is 0 Å². The predicted molar refractivity (Wildman–Crippen MR) is 369 cm³/mol. The number of allylic oxidation sites excluding steroid dienone is 1. The number of anilines is 6. The minimum absolute atomic E-state index is 1.10. The Morgan fingerprint density at radius 3 is 1.32 bits per heavy atom. The molecule has 4 nitrogen and oxygen atoms in total. The first-order valence-corrected chi connectivity index (χ1v) is 30.7. The van der Waals surface area contributed by atoms with Crippen molar-refractivity contribution >= 4 is 175 Å². The summed E-state index contributed by atoms with van der Waals surface area (Å²) in [5, 5.41) is 13.7. The van der Waals surface area contributed by atoms with Crippen molar-refractivity contribution in [3.8, 4) is 22.3 Å². The second kappa shape index (κ2) is 18.5. The standard InChI is InChI=1S/C79H50N4S2/c1-3-23-54-58-35-21-39-66(78(58)84-68(54)4-2)80(50-28-13-7-14-29-50)52-42-44-64-62(46-52)56-33-19-37-60-72-71(49-26-11-6-12-27-49)77-73(70(48-24-9-5-10-25-48)76(72)82(64)74(56)60)61-38-20-34-57-63-47-53(43-45-65(63)83(77)75(57)61)81(51-30-15-8-16-31-51)67-40-22-36-59-55-32-17-18-41-69(55)85-79(59)67/h3-47H,2H2,1H3/b23-3-. The van der Waals surface area contributed by atoms with E-state index >= 15 is 0 Å². The fourth-order valence-electron chi connectivity index (χ4n) is 14.5. The van der Waals surface area contributed by atoms with Gasteiger partial charge in [-0.1, -0.05) is 201 Å². The van der Waals surface area contributed by atoms with Crippen LogP contribution >= 0.6 is 22.7 Å². The molecular formula is C79H50N4S2. The van der Waals surface area contributed by atoms with Gasteiger partial charge in [0.25, 0.3) is 0 Å². The van der Waals surface area contributed by atoms with Crippen molar-refractivity contribution in [1.82, 2.24) is 8.80 Å². The molecule has 85 heavy (non-hydrogen) atoms. The molecule has 18 rings (SSSR count). The van der Waals surface area contributed by atoms with Crippen molar-refractivity contribution in [2.45, 2.75) is 6.92 Å². The minimum atomic E-state index is 1.10. The Balaban J connectivity index is 0.936. The van der Waals surface area contributed by atoms with Crippen LogP contribution in [0.1, 0.15) is 17.4 Å². The Kier molecular flexibility index (Phi) is 10.5. The Labute approximate surface area is 497 Å². The highest BCUT2D eigenvalue weighted by atomic mass is 32.1. The van der Waals surface area contributed by atoms with Gasteiger partial charge in [-0.3, -0.25) is 0 Å². The van der Waals surface area contributed by atoms with E-state index < -0.39 is 0 Å². The molecule has 0 N–H and O–H groups in total. The highest BCUT2D eigenvalue weighted by Crippen LogP contribution is 2.56. The zero-order valence-corrected chi connectivity index (χ0v) is 47.9. The van der Waals surface area contributed by atoms with Gasteiger partial charge in [-0.05, 0) is 96.9 Å². The van der Waals surface area contributed by atoms with Crippen LogP contribution in [0, 0.1) is 0 Å². The van der Waals surface area contributed by atoms with Crippen molar-refractivity contribution < 1.29 is 0 Å². The van der Waals surface area contributed by atoms with E-state index in [0.717, 1.165) is 28.4 Å². The lowest BCUT2D eigenvalue weighted by Crippen LogP contribution is -2.09. The van der Waals surface area contributed by atoms with Crippen molar-refractivity contribution in [3.63, 3.8) is 0 Å². The highest BCUT2D eigenvalue weighted by Gasteiger charge is 2.32. The smallest absolute Gasteiger partial charge is 0.0640 e. The van der Waals surface area contributed by atoms with Crippen molar-refractivity contribution in [2.75, 3.05) is 9.80 Å². The summed E-state index contributed by atoms with van der Waals surface area (Å²) < 4.78 is 9.04. The second-order valence-corrected chi connectivity index (χ2v) is 24.3. The Bertz CT molecular complexity index is 5750. The first-order chi connectivity index (χ1) is 42.1. The van der Waals surface area contributed by atoms with E-state index in [9.17, 15) is 0 Å². The summed E-state index contributed by atoms with van der Waals surface area (Å²) in [6.07, 6.45) is 6.34. The van der Waals surface area contributed by atoms with Gasteiger partial charge in [0.2, 0.25) is 0 Å². The topological polar surface area (TPSA) is 15.3 Å². The average molecular weight is 1120 g/mol. The first kappa shape index (κ1) is 48.1. The number of thiophene rings is 2. The highest BCUT2D eigenvalue weighted by molar-refractivity contribution is 7.26. The fraction of sp³-hybridized carbons (Fsp3) is 0.0127. The molecule has 0 fully saturated rings. The molecule has 0 radical (unpaired) electrons. The summed E-state index contributed by atoms with van der Waals surface area (Å²) in [7, 11) is 0. The number of rotatable bonds is 10. The average Bonchev–Trinajstić information content (AvgIpc) is 1.56. The molecule has 0 aliphatic heterocycles. The fourth-order valence-corrected chi connectivity index (χ4v) is 16.8. The molecule has 398 valence electrons. The van der Waals surface area contributed by atoms with Gasteiger partial charge in [-0.25, -0.2) is 0 Å². The lowest BCUT2D eigenvalue weighted by atomic mass is 9.89. The van der Waals surface area contributed by atoms with Crippen molar-refractivity contribution in [2.24, 2.45) is 0 Å². The van der Waals surface area contributed by atoms with Gasteiger partial charge in [0.05, 0.1) is 53.9 Å². The molecule has 0 saturated carbocycles. The predicted octanol–water partition coefficient (Wildman–Crippen LogP) is 23.5. The lowest BCUT2D eigenvalue weighted by Gasteiger charge is -2.26. The third-order valence-electron chi connectivity index (χ3n) is 17.8. The largest absolute Gasteiger partial charge is 0.309 e. The molecule has 0 aliphatic rings. The first-order valence-electron chi connectivity index (χ1n) is 29.1. The maximum atomic E-state index is 4.25. The van der Waals surface area contributed by atoms with Crippen LogP contribution in [0.25, 0.3) is 141 Å². The molecule has 0 atom stereocenters. The molecule has 0 bridgehead atoms. The maximum Gasteiger partial charge on any atom is 0.0640 e. The van der Waals surface area contributed by atoms with Crippen LogP contribution in [-0.4, -0.2) is 8.80 Å². The molecule has 6 heterocycles. The van der Waals surface area contributed by atoms with E-state index in [0.29, 0.717) is 0 Å². The molecule has 0 aliphatic carbocycles. The number of hydrogen-bond acceptors (Lipinski definition) is 4. The van der Waals surface area contributed by atoms with E-state index in [4.69, 9.17) is 0 Å². The van der Waals surface area contributed by atoms with Crippen LogP contribution in [0.5, 0.6) is 0 Å². The van der Waals surface area contributed by atoms with Gasteiger partial charge in [0.1, 0.15) is 0 Å². The van der Waals surface area contributed by atoms with Crippen LogP contribution in [-0.2, 0) is 0 Å². The van der Waals surface area contributed by atoms with Gasteiger partial charge in [0, 0.05) is 108 Å². The quantitative estimate of drug-likeness (QED) is 0.136. The van der Waals surface area contributed by atoms with Crippen LogP contribution in [0.4, 0.5) is 34.1 Å². The Morgan fingerprint density at radius 2 is 0.800 bits per heavy atom. The molecular weight excluding hydrogens is 1070 g/mol. The molecule has 6 aromatic heterocycles. The van der Waals surface area contributed by atoms with E-state index in [1.165, 1.54) is 145 Å². The molecule has 0 spiro atoms. The van der Waals surface area contributed by atoms with Crippen LogP contribution in [0.2, 0.25) is 0 Å². The molecule has 0 saturated heterocycles. The second-order valence-electron chi connectivity index (χ2n) is 22.2. The Morgan fingerprint density at radius 1 is 0.365 bits per heavy atom. The summed E-state index contributed by atoms with van der Waals surface area (Å²) >= 11 is 3.68. The van der Waals surface area contributed by atoms with Gasteiger partial charge in [-0.2, -0.15) is 0 Å². The van der Waals surface area contributed by atoms with Crippen molar-refractivity contribution in [3.05, 3.63) is 278 Å². The number of nitrogens with zero attached hydrogens (tertiary/aromatic N) is 4. The van der Waals surface area contributed by atoms with Crippen LogP contribution in [0.3, 0.4) is 0 Å². The number of hydrogen-bond donors (Lipinski definition) is 0. The summed E-state index contributed by atoms with van der Waals surface area (Å²) in [4.78, 5) is 6.08. The van der Waals surface area contributed by atoms with Gasteiger partial charge in [0.15, 0.2) is 0 Å². The number of benzene rings is 12. The van der Waals surface area contributed by atoms with E-state index in [2.05, 4.69) is 299 Å². The summed E-state index contributed by atoms with van der Waals surface area (Å²) in [6.45, 7) is 6.33.